The summed E-state index contributed by atoms with van der Waals surface area (Å²) in [5.74, 6) is 0.959. The number of aromatic nitrogens is 2. The Labute approximate surface area is 239 Å². The molecule has 41 heavy (non-hydrogen) atoms. The Morgan fingerprint density at radius 1 is 0.829 bits per heavy atom. The van der Waals surface area contributed by atoms with E-state index in [1.165, 1.54) is 14.2 Å². The van der Waals surface area contributed by atoms with Crippen LogP contribution in [0.3, 0.4) is 0 Å². The molecular weight excluding hydrogens is 542 g/mol. The summed E-state index contributed by atoms with van der Waals surface area (Å²) in [6, 6.07) is 26.0. The second-order valence-electron chi connectivity index (χ2n) is 8.94. The number of carbonyl (C=O) groups is 1. The van der Waals surface area contributed by atoms with Gasteiger partial charge in [0.1, 0.15) is 11.5 Å². The molecule has 0 saturated heterocycles. The van der Waals surface area contributed by atoms with Crippen molar-refractivity contribution in [3.05, 3.63) is 102 Å². The molecule has 1 unspecified atom stereocenters. The molecule has 0 radical (unpaired) electrons. The topological polar surface area (TPSA) is 129 Å². The van der Waals surface area contributed by atoms with Crippen LogP contribution in [0.15, 0.2) is 91.0 Å². The SMILES string of the molecule is COc1cc(Nc2nc3ccccc3nc2N(c2cccc(NC(=O)c3ccccc3C)c2)S(=O)[O-])cc(OC)c1. The highest BCUT2D eigenvalue weighted by atomic mass is 32.2. The Balaban J connectivity index is 1.58. The zero-order valence-electron chi connectivity index (χ0n) is 22.5. The standard InChI is InChI=1S/C30H27N5O5S/c1-19-9-4-5-12-25(19)30(36)32-20-10-8-11-22(15-20)35(41(37)38)29-28(33-26-13-6-7-14-27(26)34-29)31-21-16-23(39-2)18-24(17-21)40-3/h4-18H,1-3H3,(H,31,33)(H,32,36)(H,37,38)/p-1. The normalized spacial score (nSPS) is 11.5. The number of ether oxygens (including phenoxy) is 2. The number of rotatable bonds is 9. The van der Waals surface area contributed by atoms with E-state index in [2.05, 4.69) is 15.6 Å². The van der Waals surface area contributed by atoms with E-state index in [4.69, 9.17) is 14.5 Å². The van der Waals surface area contributed by atoms with Crippen LogP contribution in [0, 0.1) is 6.92 Å². The lowest BCUT2D eigenvalue weighted by molar-refractivity contribution is 0.102. The van der Waals surface area contributed by atoms with Crippen molar-refractivity contribution in [1.82, 2.24) is 9.97 Å². The molecule has 1 amide bonds. The van der Waals surface area contributed by atoms with Gasteiger partial charge in [-0.15, -0.1) is 0 Å². The number of amides is 1. The molecular formula is C30H26N5O5S-. The Morgan fingerprint density at radius 2 is 1.49 bits per heavy atom. The molecule has 5 rings (SSSR count). The van der Waals surface area contributed by atoms with Crippen molar-refractivity contribution in [2.45, 2.75) is 6.92 Å². The Kier molecular flexibility index (Phi) is 8.09. The molecule has 1 atom stereocenters. The minimum absolute atomic E-state index is 0.0289. The van der Waals surface area contributed by atoms with Crippen LogP contribution in [0.5, 0.6) is 11.5 Å². The maximum Gasteiger partial charge on any atom is 0.255 e. The number of anilines is 5. The van der Waals surface area contributed by atoms with Gasteiger partial charge in [-0.2, -0.15) is 0 Å². The molecule has 1 heterocycles. The zero-order chi connectivity index (χ0) is 28.9. The first-order valence-corrected chi connectivity index (χ1v) is 13.5. The predicted molar refractivity (Wildman–Crippen MR) is 159 cm³/mol. The third-order valence-electron chi connectivity index (χ3n) is 6.24. The van der Waals surface area contributed by atoms with Gasteiger partial charge in [-0.1, -0.05) is 36.4 Å². The molecule has 0 fully saturated rings. The van der Waals surface area contributed by atoms with Crippen LogP contribution in [0.4, 0.5) is 28.7 Å². The van der Waals surface area contributed by atoms with Gasteiger partial charge in [0.25, 0.3) is 5.91 Å². The predicted octanol–water partition coefficient (Wildman–Crippen LogP) is 5.88. The van der Waals surface area contributed by atoms with Crippen molar-refractivity contribution in [1.29, 1.82) is 0 Å². The summed E-state index contributed by atoms with van der Waals surface area (Å²) in [6.07, 6.45) is 0. The number of para-hydroxylation sites is 2. The number of nitrogens with zero attached hydrogens (tertiary/aromatic N) is 3. The number of hydrogen-bond donors (Lipinski definition) is 2. The fraction of sp³-hybridized carbons (Fsp3) is 0.100. The van der Waals surface area contributed by atoms with Crippen molar-refractivity contribution in [3.63, 3.8) is 0 Å². The summed E-state index contributed by atoms with van der Waals surface area (Å²) < 4.78 is 37.3. The van der Waals surface area contributed by atoms with Crippen LogP contribution >= 0.6 is 0 Å². The summed E-state index contributed by atoms with van der Waals surface area (Å²) in [5.41, 5.74) is 3.59. The maximum atomic E-state index is 12.9. The smallest absolute Gasteiger partial charge is 0.255 e. The maximum absolute atomic E-state index is 12.9. The van der Waals surface area contributed by atoms with Gasteiger partial charge in [0.05, 0.1) is 42.2 Å². The van der Waals surface area contributed by atoms with Gasteiger partial charge in [0, 0.05) is 35.1 Å². The first kappa shape index (κ1) is 27.6. The lowest BCUT2D eigenvalue weighted by Crippen LogP contribution is -2.23. The van der Waals surface area contributed by atoms with Gasteiger partial charge in [0.2, 0.25) is 0 Å². The molecule has 0 aliphatic heterocycles. The molecule has 0 spiro atoms. The fourth-order valence-electron chi connectivity index (χ4n) is 4.25. The average molecular weight is 569 g/mol. The molecule has 0 aliphatic carbocycles. The number of aryl methyl sites for hydroxylation is 1. The van der Waals surface area contributed by atoms with E-state index in [1.54, 1.807) is 72.8 Å². The molecule has 0 bridgehead atoms. The number of benzene rings is 4. The molecule has 5 aromatic rings. The largest absolute Gasteiger partial charge is 0.755 e. The molecule has 0 aliphatic rings. The summed E-state index contributed by atoms with van der Waals surface area (Å²) in [7, 11) is 3.07. The molecule has 11 heteroatoms. The van der Waals surface area contributed by atoms with Crippen molar-refractivity contribution in [3.8, 4) is 11.5 Å². The first-order valence-electron chi connectivity index (χ1n) is 12.5. The number of nitrogens with one attached hydrogen (secondary N) is 2. The molecule has 4 aromatic carbocycles. The molecule has 1 aromatic heterocycles. The van der Waals surface area contributed by atoms with Crippen LogP contribution in [-0.4, -0.2) is 38.9 Å². The van der Waals surface area contributed by atoms with Crippen LogP contribution in [0.25, 0.3) is 11.0 Å². The fourth-order valence-corrected chi connectivity index (χ4v) is 4.80. The van der Waals surface area contributed by atoms with Crippen LogP contribution < -0.4 is 24.4 Å². The van der Waals surface area contributed by atoms with Gasteiger partial charge in [-0.25, -0.2) is 9.97 Å². The van der Waals surface area contributed by atoms with E-state index in [9.17, 15) is 13.6 Å². The van der Waals surface area contributed by atoms with Gasteiger partial charge in [-0.3, -0.25) is 13.3 Å². The van der Waals surface area contributed by atoms with E-state index >= 15 is 0 Å². The molecule has 2 N–H and O–H groups in total. The molecule has 0 saturated carbocycles. The summed E-state index contributed by atoms with van der Waals surface area (Å²) in [6.45, 7) is 1.85. The van der Waals surface area contributed by atoms with Gasteiger partial charge >= 0.3 is 0 Å². The first-order chi connectivity index (χ1) is 19.9. The lowest BCUT2D eigenvalue weighted by Gasteiger charge is -2.27. The summed E-state index contributed by atoms with van der Waals surface area (Å²) in [4.78, 5) is 22.3. The third-order valence-corrected chi connectivity index (χ3v) is 6.92. The Hall–Kier alpha value is -5.00. The summed E-state index contributed by atoms with van der Waals surface area (Å²) in [5, 5.41) is 6.02. The molecule has 208 valence electrons. The van der Waals surface area contributed by atoms with Crippen LogP contribution in [0.2, 0.25) is 0 Å². The Morgan fingerprint density at radius 3 is 2.15 bits per heavy atom. The van der Waals surface area contributed by atoms with Crippen molar-refractivity contribution in [2.75, 3.05) is 29.2 Å². The Bertz CT molecular complexity index is 1740. The highest BCUT2D eigenvalue weighted by molar-refractivity contribution is 7.81. The van der Waals surface area contributed by atoms with E-state index in [0.29, 0.717) is 39.5 Å². The quantitative estimate of drug-likeness (QED) is 0.211. The number of fused-ring (bicyclic) bond motifs is 1. The zero-order valence-corrected chi connectivity index (χ0v) is 23.3. The lowest BCUT2D eigenvalue weighted by atomic mass is 10.1. The van der Waals surface area contributed by atoms with Crippen LogP contribution in [0.1, 0.15) is 15.9 Å². The second kappa shape index (κ2) is 12.0. The van der Waals surface area contributed by atoms with Crippen molar-refractivity contribution in [2.24, 2.45) is 0 Å². The van der Waals surface area contributed by atoms with E-state index in [0.717, 1.165) is 9.87 Å². The minimum Gasteiger partial charge on any atom is -0.755 e. The van der Waals surface area contributed by atoms with Gasteiger partial charge < -0.3 is 24.7 Å². The number of hydrogen-bond acceptors (Lipinski definition) is 8. The van der Waals surface area contributed by atoms with Crippen LogP contribution in [-0.2, 0) is 11.3 Å². The summed E-state index contributed by atoms with van der Waals surface area (Å²) >= 11 is -2.81. The number of methoxy groups -OCH3 is 2. The second-order valence-corrected chi connectivity index (χ2v) is 9.74. The van der Waals surface area contributed by atoms with E-state index in [1.807, 2.05) is 25.1 Å². The highest BCUT2D eigenvalue weighted by Gasteiger charge is 2.21. The number of carbonyl (C=O) groups excluding carboxylic acids is 1. The monoisotopic (exact) mass is 568 g/mol. The van der Waals surface area contributed by atoms with E-state index < -0.39 is 11.3 Å². The minimum atomic E-state index is -2.81. The average Bonchev–Trinajstić information content (AvgIpc) is 2.97. The highest BCUT2D eigenvalue weighted by Crippen LogP contribution is 2.36. The van der Waals surface area contributed by atoms with Crippen molar-refractivity contribution < 1.29 is 23.0 Å². The van der Waals surface area contributed by atoms with Gasteiger partial charge in [-0.05, 0) is 48.9 Å². The van der Waals surface area contributed by atoms with Crippen molar-refractivity contribution >= 4 is 56.9 Å². The van der Waals surface area contributed by atoms with Gasteiger partial charge in [0.15, 0.2) is 11.6 Å². The third kappa shape index (κ3) is 6.11. The van der Waals surface area contributed by atoms with E-state index in [-0.39, 0.29) is 23.2 Å². The molecule has 10 nitrogen and oxygen atoms in total.